The number of rotatable bonds is 3. The Labute approximate surface area is 137 Å². The second-order valence-corrected chi connectivity index (χ2v) is 6.07. The molecule has 0 radical (unpaired) electrons. The van der Waals surface area contributed by atoms with Crippen LogP contribution in [0, 0.1) is 0 Å². The Bertz CT molecular complexity index is 711. The number of imidazole rings is 1. The number of nitrogens with two attached hydrogens (primary N) is 1. The first-order chi connectivity index (χ1) is 11.3. The molecule has 0 aromatic carbocycles. The van der Waals surface area contributed by atoms with Crippen molar-refractivity contribution in [2.75, 3.05) is 18.8 Å². The normalized spacial score (nSPS) is 19.6. The molecule has 1 aliphatic rings. The zero-order valence-electron chi connectivity index (χ0n) is 13.3. The van der Waals surface area contributed by atoms with E-state index in [4.69, 9.17) is 5.73 Å². The largest absolute Gasteiger partial charge is 0.434 e. The van der Waals surface area contributed by atoms with Gasteiger partial charge in [-0.25, -0.2) is 15.0 Å². The predicted molar refractivity (Wildman–Crippen MR) is 81.9 cm³/mol. The first kappa shape index (κ1) is 16.7. The Morgan fingerprint density at radius 2 is 2.12 bits per heavy atom. The van der Waals surface area contributed by atoms with Gasteiger partial charge in [0.15, 0.2) is 5.69 Å². The van der Waals surface area contributed by atoms with E-state index in [-0.39, 0.29) is 5.92 Å². The second kappa shape index (κ2) is 6.39. The molecule has 2 N–H and O–H groups in total. The zero-order valence-corrected chi connectivity index (χ0v) is 13.3. The van der Waals surface area contributed by atoms with Crippen molar-refractivity contribution in [1.82, 2.24) is 24.4 Å². The molecule has 0 spiro atoms. The van der Waals surface area contributed by atoms with Crippen LogP contribution in [0.25, 0.3) is 0 Å². The fraction of sp³-hybridized carbons (Fsp3) is 0.533. The Kier molecular flexibility index (Phi) is 4.44. The van der Waals surface area contributed by atoms with Gasteiger partial charge in [-0.15, -0.1) is 0 Å². The Morgan fingerprint density at radius 1 is 1.33 bits per heavy atom. The SMILES string of the molecule is Cn1cc(C(F)(F)F)nc1C1CCCN(Cc2nccc(N)n2)C1. The lowest BCUT2D eigenvalue weighted by atomic mass is 9.97. The molecule has 1 fully saturated rings. The molecule has 6 nitrogen and oxygen atoms in total. The number of hydrogen-bond donors (Lipinski definition) is 1. The van der Waals surface area contributed by atoms with Crippen LogP contribution in [0.1, 0.15) is 36.1 Å². The van der Waals surface area contributed by atoms with Crippen molar-refractivity contribution in [3.05, 3.63) is 35.8 Å². The van der Waals surface area contributed by atoms with Crippen LogP contribution in [0.15, 0.2) is 18.5 Å². The van der Waals surface area contributed by atoms with E-state index in [0.29, 0.717) is 30.6 Å². The number of anilines is 1. The molecule has 3 rings (SSSR count). The summed E-state index contributed by atoms with van der Waals surface area (Å²) in [7, 11) is 1.61. The standard InChI is InChI=1S/C15H19F3N6/c1-23-8-11(15(16,17)18)21-14(23)10-3-2-6-24(7-10)9-13-20-5-4-12(19)22-13/h4-5,8,10H,2-3,6-7,9H2,1H3,(H2,19,20,22). The van der Waals surface area contributed by atoms with Crippen molar-refractivity contribution in [2.24, 2.45) is 7.05 Å². The van der Waals surface area contributed by atoms with Crippen molar-refractivity contribution in [2.45, 2.75) is 31.5 Å². The van der Waals surface area contributed by atoms with Crippen LogP contribution in [0.3, 0.4) is 0 Å². The van der Waals surface area contributed by atoms with Crippen molar-refractivity contribution in [3.63, 3.8) is 0 Å². The van der Waals surface area contributed by atoms with Crippen LogP contribution < -0.4 is 5.73 Å². The fourth-order valence-corrected chi connectivity index (χ4v) is 3.10. The van der Waals surface area contributed by atoms with Crippen LogP contribution >= 0.6 is 0 Å². The number of likely N-dealkylation sites (tertiary alicyclic amines) is 1. The van der Waals surface area contributed by atoms with E-state index in [9.17, 15) is 13.2 Å². The van der Waals surface area contributed by atoms with Gasteiger partial charge < -0.3 is 10.3 Å². The van der Waals surface area contributed by atoms with E-state index < -0.39 is 11.9 Å². The number of hydrogen-bond acceptors (Lipinski definition) is 5. The number of nitrogen functional groups attached to an aromatic ring is 1. The molecule has 0 amide bonds. The number of aryl methyl sites for hydroxylation is 1. The summed E-state index contributed by atoms with van der Waals surface area (Å²) in [6.07, 6.45) is -0.0554. The van der Waals surface area contributed by atoms with Crippen LogP contribution in [0.4, 0.5) is 19.0 Å². The van der Waals surface area contributed by atoms with Gasteiger partial charge in [-0.1, -0.05) is 0 Å². The average molecular weight is 340 g/mol. The molecule has 1 unspecified atom stereocenters. The maximum atomic E-state index is 12.8. The third-order valence-electron chi connectivity index (χ3n) is 4.17. The molecule has 0 bridgehead atoms. The third-order valence-corrected chi connectivity index (χ3v) is 4.17. The minimum atomic E-state index is -4.42. The van der Waals surface area contributed by atoms with Crippen molar-refractivity contribution < 1.29 is 13.2 Å². The maximum absolute atomic E-state index is 12.8. The minimum Gasteiger partial charge on any atom is -0.384 e. The molecule has 24 heavy (non-hydrogen) atoms. The maximum Gasteiger partial charge on any atom is 0.434 e. The molecular weight excluding hydrogens is 321 g/mol. The number of halogens is 3. The molecular formula is C15H19F3N6. The molecule has 3 heterocycles. The molecule has 0 saturated carbocycles. The lowest BCUT2D eigenvalue weighted by Crippen LogP contribution is -2.35. The van der Waals surface area contributed by atoms with Gasteiger partial charge >= 0.3 is 6.18 Å². The topological polar surface area (TPSA) is 72.9 Å². The first-order valence-corrected chi connectivity index (χ1v) is 7.73. The van der Waals surface area contributed by atoms with E-state index in [1.165, 1.54) is 4.57 Å². The van der Waals surface area contributed by atoms with Gasteiger partial charge in [-0.05, 0) is 25.5 Å². The number of piperidine rings is 1. The Morgan fingerprint density at radius 3 is 2.79 bits per heavy atom. The summed E-state index contributed by atoms with van der Waals surface area (Å²) in [5, 5.41) is 0. The summed E-state index contributed by atoms with van der Waals surface area (Å²) in [4.78, 5) is 14.3. The average Bonchev–Trinajstić information content (AvgIpc) is 2.90. The van der Waals surface area contributed by atoms with Crippen LogP contribution in [0.5, 0.6) is 0 Å². The Balaban J connectivity index is 1.73. The number of nitrogens with zero attached hydrogens (tertiary/aromatic N) is 5. The van der Waals surface area contributed by atoms with Gasteiger partial charge in [-0.3, -0.25) is 4.90 Å². The summed E-state index contributed by atoms with van der Waals surface area (Å²) in [6, 6.07) is 1.62. The summed E-state index contributed by atoms with van der Waals surface area (Å²) in [6.45, 7) is 2.00. The van der Waals surface area contributed by atoms with Gasteiger partial charge in [0.1, 0.15) is 17.5 Å². The minimum absolute atomic E-state index is 0.0408. The molecule has 2 aromatic rings. The predicted octanol–water partition coefficient (Wildman–Crippen LogP) is 2.19. The van der Waals surface area contributed by atoms with Crippen molar-refractivity contribution >= 4 is 5.82 Å². The number of alkyl halides is 3. The van der Waals surface area contributed by atoms with E-state index in [1.807, 2.05) is 0 Å². The van der Waals surface area contributed by atoms with Crippen molar-refractivity contribution in [1.29, 1.82) is 0 Å². The molecule has 1 saturated heterocycles. The third kappa shape index (κ3) is 3.66. The smallest absolute Gasteiger partial charge is 0.384 e. The van der Waals surface area contributed by atoms with Crippen LogP contribution in [-0.2, 0) is 19.8 Å². The highest BCUT2D eigenvalue weighted by Crippen LogP contribution is 2.32. The van der Waals surface area contributed by atoms with E-state index in [0.717, 1.165) is 25.6 Å². The van der Waals surface area contributed by atoms with E-state index >= 15 is 0 Å². The van der Waals surface area contributed by atoms with Gasteiger partial charge in [-0.2, -0.15) is 13.2 Å². The molecule has 2 aromatic heterocycles. The highest BCUT2D eigenvalue weighted by atomic mass is 19.4. The number of aromatic nitrogens is 4. The van der Waals surface area contributed by atoms with Crippen LogP contribution in [-0.4, -0.2) is 37.5 Å². The highest BCUT2D eigenvalue weighted by molar-refractivity contribution is 5.25. The van der Waals surface area contributed by atoms with E-state index in [1.54, 1.807) is 19.3 Å². The summed E-state index contributed by atoms with van der Waals surface area (Å²) >= 11 is 0. The summed E-state index contributed by atoms with van der Waals surface area (Å²) in [5.41, 5.74) is 4.82. The molecule has 130 valence electrons. The second-order valence-electron chi connectivity index (χ2n) is 6.07. The monoisotopic (exact) mass is 340 g/mol. The molecule has 1 aliphatic heterocycles. The van der Waals surface area contributed by atoms with E-state index in [2.05, 4.69) is 19.9 Å². The summed E-state index contributed by atoms with van der Waals surface area (Å²) in [5.74, 6) is 1.46. The van der Waals surface area contributed by atoms with Gasteiger partial charge in [0.25, 0.3) is 0 Å². The highest BCUT2D eigenvalue weighted by Gasteiger charge is 2.36. The summed E-state index contributed by atoms with van der Waals surface area (Å²) < 4.78 is 40.0. The lowest BCUT2D eigenvalue weighted by molar-refractivity contribution is -0.141. The first-order valence-electron chi connectivity index (χ1n) is 7.73. The fourth-order valence-electron chi connectivity index (χ4n) is 3.10. The van der Waals surface area contributed by atoms with Gasteiger partial charge in [0.05, 0.1) is 6.54 Å². The van der Waals surface area contributed by atoms with Gasteiger partial charge in [0, 0.05) is 31.9 Å². The van der Waals surface area contributed by atoms with Crippen LogP contribution in [0.2, 0.25) is 0 Å². The molecule has 9 heteroatoms. The lowest BCUT2D eigenvalue weighted by Gasteiger charge is -2.31. The molecule has 0 aliphatic carbocycles. The Hall–Kier alpha value is -2.16. The van der Waals surface area contributed by atoms with Gasteiger partial charge in [0.2, 0.25) is 0 Å². The molecule has 1 atom stereocenters. The zero-order chi connectivity index (χ0) is 17.3. The van der Waals surface area contributed by atoms with Crippen molar-refractivity contribution in [3.8, 4) is 0 Å². The quantitative estimate of drug-likeness (QED) is 0.927.